The van der Waals surface area contributed by atoms with Crippen molar-refractivity contribution in [2.75, 3.05) is 7.05 Å². The van der Waals surface area contributed by atoms with Gasteiger partial charge in [-0.2, -0.15) is 5.10 Å². The summed E-state index contributed by atoms with van der Waals surface area (Å²) in [4.78, 5) is 14.0. The second-order valence-electron chi connectivity index (χ2n) is 5.40. The van der Waals surface area contributed by atoms with E-state index in [1.54, 1.807) is 11.9 Å². The molecule has 1 amide bonds. The van der Waals surface area contributed by atoms with Crippen LogP contribution in [-0.2, 0) is 13.6 Å². The molecule has 5 nitrogen and oxygen atoms in total. The summed E-state index contributed by atoms with van der Waals surface area (Å²) >= 11 is 3.44. The number of nitrogens with zero attached hydrogens (tertiary/aromatic N) is 3. The lowest BCUT2D eigenvalue weighted by atomic mass is 10.2. The normalized spacial score (nSPS) is 14.6. The average Bonchev–Trinajstić information content (AvgIpc) is 3.05. The van der Waals surface area contributed by atoms with Crippen LogP contribution in [0.15, 0.2) is 22.8 Å². The SMILES string of the molecule is CN(Cc1cc(Br)cn1C)C(=O)c1cc(C2CC2)[nH]n1. The van der Waals surface area contributed by atoms with E-state index in [2.05, 4.69) is 26.1 Å². The van der Waals surface area contributed by atoms with E-state index in [4.69, 9.17) is 0 Å². The van der Waals surface area contributed by atoms with Gasteiger partial charge < -0.3 is 9.47 Å². The lowest BCUT2D eigenvalue weighted by Crippen LogP contribution is -2.27. The maximum absolute atomic E-state index is 12.3. The topological polar surface area (TPSA) is 53.9 Å². The van der Waals surface area contributed by atoms with E-state index in [-0.39, 0.29) is 5.91 Å². The number of carbonyl (C=O) groups excluding carboxylic acids is 1. The molecule has 6 heteroatoms. The van der Waals surface area contributed by atoms with Gasteiger partial charge in [-0.25, -0.2) is 0 Å². The van der Waals surface area contributed by atoms with Crippen molar-refractivity contribution < 1.29 is 4.79 Å². The molecule has 1 N–H and O–H groups in total. The van der Waals surface area contributed by atoms with Crippen molar-refractivity contribution in [1.29, 1.82) is 0 Å². The van der Waals surface area contributed by atoms with Gasteiger partial charge in [-0.3, -0.25) is 9.89 Å². The Morgan fingerprint density at radius 2 is 2.30 bits per heavy atom. The summed E-state index contributed by atoms with van der Waals surface area (Å²) in [6.45, 7) is 0.562. The molecule has 0 atom stereocenters. The van der Waals surface area contributed by atoms with Crippen molar-refractivity contribution in [3.05, 3.63) is 39.9 Å². The Labute approximate surface area is 126 Å². The molecule has 2 aromatic heterocycles. The summed E-state index contributed by atoms with van der Waals surface area (Å²) in [5.74, 6) is 0.531. The Balaban J connectivity index is 1.70. The Morgan fingerprint density at radius 1 is 1.55 bits per heavy atom. The summed E-state index contributed by atoms with van der Waals surface area (Å²) in [6.07, 6.45) is 4.37. The Bertz CT molecular complexity index is 641. The van der Waals surface area contributed by atoms with E-state index < -0.39 is 0 Å². The first-order valence-corrected chi connectivity index (χ1v) is 7.45. The Morgan fingerprint density at radius 3 is 2.90 bits per heavy atom. The molecule has 0 aliphatic heterocycles. The highest BCUT2D eigenvalue weighted by atomic mass is 79.9. The number of halogens is 1. The molecule has 1 saturated carbocycles. The summed E-state index contributed by atoms with van der Waals surface area (Å²) in [5.41, 5.74) is 2.66. The largest absolute Gasteiger partial charge is 0.352 e. The van der Waals surface area contributed by atoms with Crippen LogP contribution < -0.4 is 0 Å². The molecule has 0 saturated heterocycles. The van der Waals surface area contributed by atoms with E-state index in [0.29, 0.717) is 18.2 Å². The van der Waals surface area contributed by atoms with E-state index in [1.807, 2.05) is 29.9 Å². The molecule has 1 fully saturated rings. The van der Waals surface area contributed by atoms with Gasteiger partial charge in [-0.1, -0.05) is 0 Å². The van der Waals surface area contributed by atoms with Crippen LogP contribution in [-0.4, -0.2) is 32.6 Å². The van der Waals surface area contributed by atoms with Gasteiger partial charge >= 0.3 is 0 Å². The first kappa shape index (κ1) is 13.4. The quantitative estimate of drug-likeness (QED) is 0.933. The summed E-state index contributed by atoms with van der Waals surface area (Å²) in [7, 11) is 3.77. The van der Waals surface area contributed by atoms with Gasteiger partial charge in [0.15, 0.2) is 0 Å². The molecule has 0 radical (unpaired) electrons. The number of aryl methyl sites for hydroxylation is 1. The van der Waals surface area contributed by atoms with Crippen LogP contribution >= 0.6 is 15.9 Å². The zero-order valence-electron chi connectivity index (χ0n) is 11.6. The van der Waals surface area contributed by atoms with E-state index in [1.165, 1.54) is 12.8 Å². The summed E-state index contributed by atoms with van der Waals surface area (Å²) in [6, 6.07) is 3.90. The third kappa shape index (κ3) is 2.65. The van der Waals surface area contributed by atoms with Crippen LogP contribution in [0.1, 0.15) is 40.6 Å². The van der Waals surface area contributed by atoms with Crippen molar-refractivity contribution in [2.45, 2.75) is 25.3 Å². The summed E-state index contributed by atoms with van der Waals surface area (Å²) < 4.78 is 3.03. The second-order valence-corrected chi connectivity index (χ2v) is 6.32. The van der Waals surface area contributed by atoms with Crippen molar-refractivity contribution >= 4 is 21.8 Å². The zero-order chi connectivity index (χ0) is 14.3. The van der Waals surface area contributed by atoms with Gasteiger partial charge in [-0.15, -0.1) is 0 Å². The number of carbonyl (C=O) groups is 1. The van der Waals surface area contributed by atoms with Gasteiger partial charge in [0.1, 0.15) is 5.69 Å². The minimum absolute atomic E-state index is 0.0505. The molecule has 2 aromatic rings. The van der Waals surface area contributed by atoms with Crippen LogP contribution in [0.25, 0.3) is 0 Å². The highest BCUT2D eigenvalue weighted by molar-refractivity contribution is 9.10. The molecular weight excluding hydrogens is 320 g/mol. The number of hydrogen-bond donors (Lipinski definition) is 1. The van der Waals surface area contributed by atoms with Gasteiger partial charge in [-0.05, 0) is 40.9 Å². The number of nitrogens with one attached hydrogen (secondary N) is 1. The van der Waals surface area contributed by atoms with Crippen LogP contribution in [0, 0.1) is 0 Å². The van der Waals surface area contributed by atoms with Crippen molar-refractivity contribution in [3.8, 4) is 0 Å². The Kier molecular flexibility index (Phi) is 3.41. The number of rotatable bonds is 4. The predicted octanol–water partition coefficient (Wildman–Crippen LogP) is 2.66. The minimum atomic E-state index is -0.0505. The first-order valence-electron chi connectivity index (χ1n) is 6.66. The number of amides is 1. The van der Waals surface area contributed by atoms with Gasteiger partial charge in [0.2, 0.25) is 0 Å². The van der Waals surface area contributed by atoms with Crippen molar-refractivity contribution in [2.24, 2.45) is 7.05 Å². The zero-order valence-corrected chi connectivity index (χ0v) is 13.1. The summed E-state index contributed by atoms with van der Waals surface area (Å²) in [5, 5.41) is 7.11. The molecular formula is C14H17BrN4O. The lowest BCUT2D eigenvalue weighted by Gasteiger charge is -2.16. The van der Waals surface area contributed by atoms with Gasteiger partial charge in [0.05, 0.1) is 6.54 Å². The molecule has 1 aliphatic carbocycles. The van der Waals surface area contributed by atoms with Crippen molar-refractivity contribution in [1.82, 2.24) is 19.7 Å². The van der Waals surface area contributed by atoms with Gasteiger partial charge in [0, 0.05) is 42.1 Å². The number of aromatic nitrogens is 3. The predicted molar refractivity (Wildman–Crippen MR) is 79.5 cm³/mol. The van der Waals surface area contributed by atoms with Gasteiger partial charge in [0.25, 0.3) is 5.91 Å². The van der Waals surface area contributed by atoms with Crippen molar-refractivity contribution in [3.63, 3.8) is 0 Å². The maximum Gasteiger partial charge on any atom is 0.274 e. The minimum Gasteiger partial charge on any atom is -0.352 e. The molecule has 2 heterocycles. The van der Waals surface area contributed by atoms with E-state index >= 15 is 0 Å². The molecule has 0 bridgehead atoms. The molecule has 0 unspecified atom stereocenters. The fraction of sp³-hybridized carbons (Fsp3) is 0.429. The van der Waals surface area contributed by atoms with Crippen LogP contribution in [0.2, 0.25) is 0 Å². The monoisotopic (exact) mass is 336 g/mol. The number of hydrogen-bond acceptors (Lipinski definition) is 2. The third-order valence-electron chi connectivity index (χ3n) is 3.65. The van der Waals surface area contributed by atoms with E-state index in [9.17, 15) is 4.79 Å². The first-order chi connectivity index (χ1) is 9.54. The highest BCUT2D eigenvalue weighted by Gasteiger charge is 2.27. The number of aromatic amines is 1. The smallest absolute Gasteiger partial charge is 0.274 e. The molecule has 106 valence electrons. The molecule has 1 aliphatic rings. The average molecular weight is 337 g/mol. The lowest BCUT2D eigenvalue weighted by molar-refractivity contribution is 0.0776. The molecule has 0 aromatic carbocycles. The highest BCUT2D eigenvalue weighted by Crippen LogP contribution is 2.39. The Hall–Kier alpha value is -1.56. The van der Waals surface area contributed by atoms with Crippen LogP contribution in [0.4, 0.5) is 0 Å². The van der Waals surface area contributed by atoms with Crippen LogP contribution in [0.5, 0.6) is 0 Å². The molecule has 20 heavy (non-hydrogen) atoms. The second kappa shape index (κ2) is 5.09. The molecule has 0 spiro atoms. The third-order valence-corrected chi connectivity index (χ3v) is 4.09. The van der Waals surface area contributed by atoms with Crippen LogP contribution in [0.3, 0.4) is 0 Å². The standard InChI is InChI=1S/C14H17BrN4O/c1-18-7-10(15)5-11(18)8-19(2)14(20)13-6-12(16-17-13)9-3-4-9/h5-7,9H,3-4,8H2,1-2H3,(H,16,17). The maximum atomic E-state index is 12.3. The molecule has 3 rings (SSSR count). The fourth-order valence-electron chi connectivity index (χ4n) is 2.28. The number of H-pyrrole nitrogens is 1. The fourth-order valence-corrected chi connectivity index (χ4v) is 2.85. The van der Waals surface area contributed by atoms with E-state index in [0.717, 1.165) is 15.9 Å².